The maximum atomic E-state index is 11.9. The molecule has 152 valence electrons. The van der Waals surface area contributed by atoms with E-state index < -0.39 is 6.23 Å². The van der Waals surface area contributed by atoms with Gasteiger partial charge in [-0.15, -0.1) is 0 Å². The highest BCUT2D eigenvalue weighted by Crippen LogP contribution is 2.13. The minimum Gasteiger partial charge on any atom is -0.489 e. The van der Waals surface area contributed by atoms with E-state index in [2.05, 4.69) is 10.6 Å². The van der Waals surface area contributed by atoms with Crippen LogP contribution in [-0.2, 0) is 9.47 Å². The first-order valence-corrected chi connectivity index (χ1v) is 9.19. The largest absolute Gasteiger partial charge is 0.489 e. The molecule has 1 unspecified atom stereocenters. The molecule has 0 spiro atoms. The Kier molecular flexibility index (Phi) is 20.1. The Morgan fingerprint density at radius 2 is 1.85 bits per heavy atom. The Balaban J connectivity index is 0. The predicted octanol–water partition coefficient (Wildman–Crippen LogP) is 2.01. The van der Waals surface area contributed by atoms with E-state index in [9.17, 15) is 4.79 Å². The molecular formula is C19H37N3O4. The van der Waals surface area contributed by atoms with Crippen molar-refractivity contribution in [2.75, 3.05) is 47.1 Å². The van der Waals surface area contributed by atoms with Crippen molar-refractivity contribution >= 4 is 5.91 Å². The second kappa shape index (κ2) is 19.7. The normalized spacial score (nSPS) is 10.6. The number of nitrogens with two attached hydrogens (primary N) is 1. The first-order chi connectivity index (χ1) is 12.7. The average Bonchev–Trinajstić information content (AvgIpc) is 2.70. The summed E-state index contributed by atoms with van der Waals surface area (Å²) in [6.07, 6.45) is -0.539. The van der Waals surface area contributed by atoms with E-state index in [0.717, 1.165) is 6.54 Å². The van der Waals surface area contributed by atoms with Crippen LogP contribution in [0.4, 0.5) is 0 Å². The molecule has 7 nitrogen and oxygen atoms in total. The molecule has 7 heteroatoms. The number of ether oxygens (including phenoxy) is 3. The van der Waals surface area contributed by atoms with Gasteiger partial charge in [-0.3, -0.25) is 4.79 Å². The standard InChI is InChI=1S/C15H25N3O4.2C2H6/c1-17-6-7-18-15(19)12-4-3-5-13(10-12)22-11-14(16)21-9-8-20-2;2*1-2/h3-5,10,14,17H,6-9,11,16H2,1-2H3,(H,18,19);2*1-2H3. The van der Waals surface area contributed by atoms with Gasteiger partial charge >= 0.3 is 0 Å². The third-order valence-corrected chi connectivity index (χ3v) is 2.79. The van der Waals surface area contributed by atoms with Gasteiger partial charge in [0.2, 0.25) is 0 Å². The van der Waals surface area contributed by atoms with Crippen LogP contribution in [0.5, 0.6) is 5.75 Å². The highest BCUT2D eigenvalue weighted by molar-refractivity contribution is 5.94. The molecule has 0 aliphatic rings. The number of hydrogen-bond acceptors (Lipinski definition) is 6. The van der Waals surface area contributed by atoms with E-state index in [1.807, 2.05) is 34.7 Å². The fourth-order valence-corrected chi connectivity index (χ4v) is 1.64. The number of methoxy groups -OCH3 is 1. The van der Waals surface area contributed by atoms with Crippen LogP contribution in [0.15, 0.2) is 24.3 Å². The number of nitrogens with one attached hydrogen (secondary N) is 2. The summed E-state index contributed by atoms with van der Waals surface area (Å²) in [5.74, 6) is 0.438. The summed E-state index contributed by atoms with van der Waals surface area (Å²) in [6.45, 7) is 10.4. The molecule has 0 aromatic heterocycles. The van der Waals surface area contributed by atoms with Gasteiger partial charge in [-0.05, 0) is 25.2 Å². The molecule has 1 atom stereocenters. The van der Waals surface area contributed by atoms with Crippen molar-refractivity contribution in [3.8, 4) is 5.75 Å². The van der Waals surface area contributed by atoms with Crippen molar-refractivity contribution in [1.82, 2.24) is 10.6 Å². The van der Waals surface area contributed by atoms with E-state index in [1.165, 1.54) is 0 Å². The molecule has 1 aromatic rings. The third kappa shape index (κ3) is 13.6. The second-order valence-corrected chi connectivity index (χ2v) is 4.60. The molecule has 0 saturated heterocycles. The fraction of sp³-hybridized carbons (Fsp3) is 0.632. The number of hydrogen-bond donors (Lipinski definition) is 3. The Morgan fingerprint density at radius 1 is 1.15 bits per heavy atom. The minimum absolute atomic E-state index is 0.138. The molecule has 4 N–H and O–H groups in total. The van der Waals surface area contributed by atoms with Gasteiger partial charge in [0.1, 0.15) is 18.6 Å². The van der Waals surface area contributed by atoms with Gasteiger partial charge in [-0.1, -0.05) is 33.8 Å². The quantitative estimate of drug-likeness (QED) is 0.407. The maximum absolute atomic E-state index is 11.9. The van der Waals surface area contributed by atoms with E-state index in [4.69, 9.17) is 19.9 Å². The molecule has 1 aromatic carbocycles. The van der Waals surface area contributed by atoms with Gasteiger partial charge < -0.3 is 30.6 Å². The van der Waals surface area contributed by atoms with Crippen molar-refractivity contribution in [2.45, 2.75) is 33.9 Å². The van der Waals surface area contributed by atoms with E-state index >= 15 is 0 Å². The summed E-state index contributed by atoms with van der Waals surface area (Å²) < 4.78 is 15.7. The smallest absolute Gasteiger partial charge is 0.251 e. The molecule has 0 radical (unpaired) electrons. The summed E-state index contributed by atoms with van der Waals surface area (Å²) in [7, 11) is 3.43. The third-order valence-electron chi connectivity index (χ3n) is 2.79. The molecule has 1 amide bonds. The lowest BCUT2D eigenvalue weighted by atomic mass is 10.2. The second-order valence-electron chi connectivity index (χ2n) is 4.60. The van der Waals surface area contributed by atoms with Gasteiger partial charge in [-0.25, -0.2) is 0 Å². The molecular weight excluding hydrogens is 334 g/mol. The number of rotatable bonds is 11. The van der Waals surface area contributed by atoms with E-state index in [1.54, 1.807) is 31.4 Å². The molecule has 0 heterocycles. The van der Waals surface area contributed by atoms with Crippen LogP contribution in [0.1, 0.15) is 38.1 Å². The van der Waals surface area contributed by atoms with Crippen LogP contribution in [0, 0.1) is 0 Å². The van der Waals surface area contributed by atoms with Crippen LogP contribution < -0.4 is 21.1 Å². The highest BCUT2D eigenvalue weighted by atomic mass is 16.6. The van der Waals surface area contributed by atoms with Crippen LogP contribution >= 0.6 is 0 Å². The van der Waals surface area contributed by atoms with Crippen molar-refractivity contribution in [3.63, 3.8) is 0 Å². The van der Waals surface area contributed by atoms with Gasteiger partial charge in [0.05, 0.1) is 13.2 Å². The van der Waals surface area contributed by atoms with Crippen LogP contribution in [0.3, 0.4) is 0 Å². The summed E-state index contributed by atoms with van der Waals surface area (Å²) in [5.41, 5.74) is 6.30. The van der Waals surface area contributed by atoms with Gasteiger partial charge in [0, 0.05) is 25.8 Å². The SMILES string of the molecule is CC.CC.CNCCNC(=O)c1cccc(OCC(N)OCCOC)c1. The Labute approximate surface area is 158 Å². The van der Waals surface area contributed by atoms with Gasteiger partial charge in [-0.2, -0.15) is 0 Å². The molecule has 1 rings (SSSR count). The van der Waals surface area contributed by atoms with Crippen molar-refractivity contribution in [1.29, 1.82) is 0 Å². The number of carbonyl (C=O) groups is 1. The molecule has 0 aliphatic heterocycles. The maximum Gasteiger partial charge on any atom is 0.251 e. The fourth-order valence-electron chi connectivity index (χ4n) is 1.64. The molecule has 0 fully saturated rings. The number of likely N-dealkylation sites (N-methyl/N-ethyl adjacent to an activating group) is 1. The monoisotopic (exact) mass is 371 g/mol. The zero-order chi connectivity index (χ0) is 20.2. The lowest BCUT2D eigenvalue weighted by molar-refractivity contribution is -0.00195. The Bertz CT molecular complexity index is 445. The first-order valence-electron chi connectivity index (χ1n) is 9.19. The lowest BCUT2D eigenvalue weighted by Gasteiger charge is -2.14. The lowest BCUT2D eigenvalue weighted by Crippen LogP contribution is -2.32. The van der Waals surface area contributed by atoms with E-state index in [0.29, 0.717) is 31.1 Å². The topological polar surface area (TPSA) is 94.8 Å². The molecule has 26 heavy (non-hydrogen) atoms. The van der Waals surface area contributed by atoms with Crippen LogP contribution in [0.2, 0.25) is 0 Å². The van der Waals surface area contributed by atoms with Crippen molar-refractivity contribution in [3.05, 3.63) is 29.8 Å². The predicted molar refractivity (Wildman–Crippen MR) is 107 cm³/mol. The summed E-state index contributed by atoms with van der Waals surface area (Å²) >= 11 is 0. The number of carbonyl (C=O) groups excluding carboxylic acids is 1. The summed E-state index contributed by atoms with van der Waals surface area (Å²) in [5, 5.41) is 5.77. The van der Waals surface area contributed by atoms with Gasteiger partial charge in [0.25, 0.3) is 5.91 Å². The number of amides is 1. The summed E-state index contributed by atoms with van der Waals surface area (Å²) in [6, 6.07) is 6.94. The summed E-state index contributed by atoms with van der Waals surface area (Å²) in [4.78, 5) is 11.9. The average molecular weight is 372 g/mol. The van der Waals surface area contributed by atoms with E-state index in [-0.39, 0.29) is 12.5 Å². The van der Waals surface area contributed by atoms with Crippen LogP contribution in [-0.4, -0.2) is 59.2 Å². The highest BCUT2D eigenvalue weighted by Gasteiger charge is 2.08. The van der Waals surface area contributed by atoms with Crippen molar-refractivity contribution in [2.24, 2.45) is 5.73 Å². The number of benzene rings is 1. The molecule has 0 aliphatic carbocycles. The molecule has 0 saturated carbocycles. The van der Waals surface area contributed by atoms with Crippen molar-refractivity contribution < 1.29 is 19.0 Å². The Morgan fingerprint density at radius 3 is 2.46 bits per heavy atom. The Hall–Kier alpha value is -1.67. The first kappa shape index (κ1) is 26.6. The van der Waals surface area contributed by atoms with Crippen LogP contribution in [0.25, 0.3) is 0 Å². The van der Waals surface area contributed by atoms with Gasteiger partial charge in [0.15, 0.2) is 0 Å². The molecule has 0 bridgehead atoms. The zero-order valence-electron chi connectivity index (χ0n) is 17.1. The zero-order valence-corrected chi connectivity index (χ0v) is 17.1. The minimum atomic E-state index is -0.539.